The lowest BCUT2D eigenvalue weighted by Crippen LogP contribution is -2.36. The molecule has 1 fully saturated rings. The third kappa shape index (κ3) is 5.27. The highest BCUT2D eigenvalue weighted by Gasteiger charge is 2.28. The van der Waals surface area contributed by atoms with Crippen molar-refractivity contribution in [2.24, 2.45) is 0 Å². The lowest BCUT2D eigenvalue weighted by Gasteiger charge is -2.25. The van der Waals surface area contributed by atoms with Crippen molar-refractivity contribution in [1.82, 2.24) is 14.7 Å². The van der Waals surface area contributed by atoms with Crippen LogP contribution in [0.1, 0.15) is 33.8 Å². The van der Waals surface area contributed by atoms with E-state index in [4.69, 9.17) is 26.2 Å². The SMILES string of the molecule is Cc1nn(-c2ccccc2)c(Oc2ccccc2Cl)c1CN(C[C@@H]1CCCO1)C(=O)c1cccs1. The van der Waals surface area contributed by atoms with Crippen molar-refractivity contribution < 1.29 is 14.3 Å². The number of hydrogen-bond acceptors (Lipinski definition) is 5. The molecule has 4 aromatic rings. The Hall–Kier alpha value is -3.13. The van der Waals surface area contributed by atoms with Crippen molar-refractivity contribution in [2.75, 3.05) is 13.2 Å². The van der Waals surface area contributed by atoms with Gasteiger partial charge in [0.25, 0.3) is 5.91 Å². The summed E-state index contributed by atoms with van der Waals surface area (Å²) in [7, 11) is 0. The molecule has 35 heavy (non-hydrogen) atoms. The van der Waals surface area contributed by atoms with Gasteiger partial charge in [-0.2, -0.15) is 5.10 Å². The first-order valence-electron chi connectivity index (χ1n) is 11.6. The zero-order valence-corrected chi connectivity index (χ0v) is 21.0. The number of aromatic nitrogens is 2. The number of benzene rings is 2. The summed E-state index contributed by atoms with van der Waals surface area (Å²) in [6, 6.07) is 20.9. The smallest absolute Gasteiger partial charge is 0.264 e. The number of aryl methyl sites for hydroxylation is 1. The zero-order chi connectivity index (χ0) is 24.2. The van der Waals surface area contributed by atoms with Crippen LogP contribution in [0, 0.1) is 6.92 Å². The quantitative estimate of drug-likeness (QED) is 0.273. The number of rotatable bonds is 8. The fourth-order valence-electron chi connectivity index (χ4n) is 4.20. The van der Waals surface area contributed by atoms with E-state index in [1.807, 2.05) is 77.9 Å². The maximum Gasteiger partial charge on any atom is 0.264 e. The van der Waals surface area contributed by atoms with Crippen LogP contribution >= 0.6 is 22.9 Å². The molecule has 6 nitrogen and oxygen atoms in total. The minimum Gasteiger partial charge on any atom is -0.437 e. The Morgan fingerprint density at radius 3 is 2.69 bits per heavy atom. The van der Waals surface area contributed by atoms with Crippen LogP contribution in [-0.2, 0) is 11.3 Å². The molecular formula is C27H26ClN3O3S. The number of carbonyl (C=O) groups excluding carboxylic acids is 1. The molecule has 1 aliphatic heterocycles. The molecule has 1 aliphatic rings. The number of nitrogens with zero attached hydrogens (tertiary/aromatic N) is 3. The lowest BCUT2D eigenvalue weighted by atomic mass is 10.2. The number of carbonyl (C=O) groups is 1. The monoisotopic (exact) mass is 507 g/mol. The maximum absolute atomic E-state index is 13.5. The first-order valence-corrected chi connectivity index (χ1v) is 12.9. The summed E-state index contributed by atoms with van der Waals surface area (Å²) in [6.07, 6.45) is 1.98. The molecule has 2 aromatic heterocycles. The fraction of sp³-hybridized carbons (Fsp3) is 0.259. The molecule has 1 amide bonds. The average Bonchev–Trinajstić information content (AvgIpc) is 3.64. The Labute approximate surface area is 213 Å². The van der Waals surface area contributed by atoms with Crippen LogP contribution in [0.5, 0.6) is 11.6 Å². The molecule has 2 aromatic carbocycles. The second kappa shape index (κ2) is 10.6. The predicted octanol–water partition coefficient (Wildman–Crippen LogP) is 6.51. The molecule has 0 spiro atoms. The van der Waals surface area contributed by atoms with Gasteiger partial charge in [-0.25, -0.2) is 4.68 Å². The molecule has 0 unspecified atom stereocenters. The van der Waals surface area contributed by atoms with Crippen molar-refractivity contribution in [3.63, 3.8) is 0 Å². The molecule has 0 saturated carbocycles. The molecule has 3 heterocycles. The number of halogens is 1. The van der Waals surface area contributed by atoms with E-state index in [0.717, 1.165) is 36.4 Å². The standard InChI is InChI=1S/C27H26ClN3O3S/c1-19-22(18-30(17-21-11-7-15-33-21)26(32)25-14-8-16-35-25)27(34-24-13-6-5-12-23(24)28)31(29-19)20-9-3-2-4-10-20/h2-6,8-10,12-14,16,21H,7,11,15,17-18H2,1H3/t21-/m0/s1. The van der Waals surface area contributed by atoms with Gasteiger partial charge in [0.1, 0.15) is 5.75 Å². The molecule has 0 bridgehead atoms. The summed E-state index contributed by atoms with van der Waals surface area (Å²) in [5.41, 5.74) is 2.48. The van der Waals surface area contributed by atoms with Gasteiger partial charge in [0.2, 0.25) is 5.88 Å². The zero-order valence-electron chi connectivity index (χ0n) is 19.4. The third-order valence-corrected chi connectivity index (χ3v) is 7.17. The Kier molecular flexibility index (Phi) is 7.18. The highest BCUT2D eigenvalue weighted by atomic mass is 35.5. The topological polar surface area (TPSA) is 56.6 Å². The summed E-state index contributed by atoms with van der Waals surface area (Å²) in [5.74, 6) is 1.05. The van der Waals surface area contributed by atoms with Gasteiger partial charge in [-0.05, 0) is 55.5 Å². The molecule has 0 aliphatic carbocycles. The normalized spacial score (nSPS) is 15.3. The summed E-state index contributed by atoms with van der Waals surface area (Å²) < 4.78 is 14.0. The number of amides is 1. The Morgan fingerprint density at radius 2 is 1.97 bits per heavy atom. The molecule has 8 heteroatoms. The Balaban J connectivity index is 1.55. The van der Waals surface area contributed by atoms with E-state index in [1.165, 1.54) is 11.3 Å². The van der Waals surface area contributed by atoms with Crippen molar-refractivity contribution in [3.8, 4) is 17.3 Å². The van der Waals surface area contributed by atoms with E-state index in [1.54, 1.807) is 10.7 Å². The van der Waals surface area contributed by atoms with Gasteiger partial charge >= 0.3 is 0 Å². The minimum absolute atomic E-state index is 0.0222. The van der Waals surface area contributed by atoms with Gasteiger partial charge in [-0.15, -0.1) is 11.3 Å². The van der Waals surface area contributed by atoms with E-state index >= 15 is 0 Å². The highest BCUT2D eigenvalue weighted by molar-refractivity contribution is 7.12. The average molecular weight is 508 g/mol. The van der Waals surface area contributed by atoms with Crippen molar-refractivity contribution in [1.29, 1.82) is 0 Å². The van der Waals surface area contributed by atoms with Crippen LogP contribution in [0.25, 0.3) is 5.69 Å². The molecule has 180 valence electrons. The molecule has 1 atom stereocenters. The van der Waals surface area contributed by atoms with Crippen LogP contribution in [-0.4, -0.2) is 39.8 Å². The van der Waals surface area contributed by atoms with Gasteiger partial charge < -0.3 is 14.4 Å². The maximum atomic E-state index is 13.5. The summed E-state index contributed by atoms with van der Waals surface area (Å²) in [4.78, 5) is 16.0. The van der Waals surface area contributed by atoms with Gasteiger partial charge in [-0.1, -0.05) is 48.0 Å². The van der Waals surface area contributed by atoms with Crippen molar-refractivity contribution in [3.05, 3.63) is 93.3 Å². The first-order chi connectivity index (χ1) is 17.1. The van der Waals surface area contributed by atoms with Gasteiger partial charge in [-0.3, -0.25) is 4.79 Å². The third-order valence-electron chi connectivity index (χ3n) is 6.00. The summed E-state index contributed by atoms with van der Waals surface area (Å²) in [5, 5.41) is 7.22. The van der Waals surface area contributed by atoms with Crippen LogP contribution in [0.3, 0.4) is 0 Å². The van der Waals surface area contributed by atoms with E-state index in [-0.39, 0.29) is 12.0 Å². The molecular weight excluding hydrogens is 482 g/mol. The summed E-state index contributed by atoms with van der Waals surface area (Å²) in [6.45, 7) is 3.53. The predicted molar refractivity (Wildman–Crippen MR) is 138 cm³/mol. The van der Waals surface area contributed by atoms with E-state index in [0.29, 0.717) is 34.6 Å². The van der Waals surface area contributed by atoms with E-state index in [9.17, 15) is 4.79 Å². The number of thiophene rings is 1. The Morgan fingerprint density at radius 1 is 1.17 bits per heavy atom. The summed E-state index contributed by atoms with van der Waals surface area (Å²) >= 11 is 7.88. The van der Waals surface area contributed by atoms with Gasteiger partial charge in [0.05, 0.1) is 39.5 Å². The molecule has 0 N–H and O–H groups in total. The fourth-order valence-corrected chi connectivity index (χ4v) is 5.07. The first kappa shape index (κ1) is 23.6. The molecule has 1 saturated heterocycles. The highest BCUT2D eigenvalue weighted by Crippen LogP contribution is 2.35. The van der Waals surface area contributed by atoms with E-state index in [2.05, 4.69) is 0 Å². The van der Waals surface area contributed by atoms with Crippen molar-refractivity contribution in [2.45, 2.75) is 32.4 Å². The number of hydrogen-bond donors (Lipinski definition) is 0. The van der Waals surface area contributed by atoms with Crippen molar-refractivity contribution >= 4 is 28.8 Å². The largest absolute Gasteiger partial charge is 0.437 e. The second-order valence-electron chi connectivity index (χ2n) is 8.45. The van der Waals surface area contributed by atoms with Crippen LogP contribution in [0.15, 0.2) is 72.1 Å². The van der Waals surface area contributed by atoms with Gasteiger partial charge in [0, 0.05) is 13.2 Å². The minimum atomic E-state index is -0.0222. The second-order valence-corrected chi connectivity index (χ2v) is 9.80. The molecule has 5 rings (SSSR count). The number of para-hydroxylation sites is 2. The Bertz CT molecular complexity index is 1280. The van der Waals surface area contributed by atoms with Gasteiger partial charge in [0.15, 0.2) is 0 Å². The lowest BCUT2D eigenvalue weighted by molar-refractivity contribution is 0.0509. The van der Waals surface area contributed by atoms with Crippen LogP contribution in [0.4, 0.5) is 0 Å². The molecule has 0 radical (unpaired) electrons. The van der Waals surface area contributed by atoms with Crippen LogP contribution in [0.2, 0.25) is 5.02 Å². The van der Waals surface area contributed by atoms with Crippen LogP contribution < -0.4 is 4.74 Å². The van der Waals surface area contributed by atoms with E-state index < -0.39 is 0 Å². The number of ether oxygens (including phenoxy) is 2.